The van der Waals surface area contributed by atoms with Crippen LogP contribution in [-0.2, 0) is 14.3 Å². The quantitative estimate of drug-likeness (QED) is 0.458. The van der Waals surface area contributed by atoms with Crippen LogP contribution in [0.4, 0.5) is 5.69 Å². The number of hydrogen-bond donors (Lipinski definition) is 1. The van der Waals surface area contributed by atoms with Crippen LogP contribution in [0.5, 0.6) is 0 Å². The molecule has 0 aliphatic carbocycles. The molecule has 0 atom stereocenters. The molecule has 2 aromatic rings. The third-order valence-electron chi connectivity index (χ3n) is 3.34. The molecule has 0 saturated carbocycles. The summed E-state index contributed by atoms with van der Waals surface area (Å²) in [5.74, 6) is -0.931. The Balaban J connectivity index is 1.82. The summed E-state index contributed by atoms with van der Waals surface area (Å²) >= 11 is 7.31. The second kappa shape index (κ2) is 9.00. The fourth-order valence-corrected chi connectivity index (χ4v) is 3.43. The molecule has 1 amide bonds. The first kappa shape index (κ1) is 20.2. The minimum atomic E-state index is -0.514. The van der Waals surface area contributed by atoms with Gasteiger partial charge in [0.25, 0.3) is 5.91 Å². The van der Waals surface area contributed by atoms with E-state index < -0.39 is 11.9 Å². The molecule has 2 rings (SSSR count). The Kier molecular flexibility index (Phi) is 6.99. The van der Waals surface area contributed by atoms with Crippen LogP contribution >= 0.6 is 23.4 Å². The maximum absolute atomic E-state index is 12.0. The Morgan fingerprint density at radius 2 is 1.77 bits per heavy atom. The number of amides is 1. The molecule has 138 valence electrons. The molecule has 0 radical (unpaired) electrons. The number of ether oxygens (including phenoxy) is 1. The second-order valence-electron chi connectivity index (χ2n) is 5.87. The molecule has 0 aliphatic heterocycles. The van der Waals surface area contributed by atoms with E-state index in [1.807, 2.05) is 39.8 Å². The molecule has 0 aliphatic rings. The van der Waals surface area contributed by atoms with E-state index in [9.17, 15) is 9.59 Å². The van der Waals surface area contributed by atoms with E-state index in [0.717, 1.165) is 22.5 Å². The topological polar surface area (TPSA) is 81.2 Å². The number of hydrogen-bond acceptors (Lipinski definition) is 6. The van der Waals surface area contributed by atoms with Crippen molar-refractivity contribution in [3.63, 3.8) is 0 Å². The zero-order valence-corrected chi connectivity index (χ0v) is 16.6. The van der Waals surface area contributed by atoms with Crippen molar-refractivity contribution < 1.29 is 14.3 Å². The third kappa shape index (κ3) is 6.00. The van der Waals surface area contributed by atoms with Crippen molar-refractivity contribution in [3.8, 4) is 0 Å². The molecule has 1 N–H and O–H groups in total. The number of carbonyl (C=O) groups is 2. The minimum Gasteiger partial charge on any atom is -0.455 e. The van der Waals surface area contributed by atoms with Gasteiger partial charge in [-0.3, -0.25) is 9.59 Å². The Morgan fingerprint density at radius 1 is 1.12 bits per heavy atom. The zero-order chi connectivity index (χ0) is 19.3. The number of esters is 1. The van der Waals surface area contributed by atoms with Crippen LogP contribution in [-0.4, -0.2) is 34.2 Å². The predicted molar refractivity (Wildman–Crippen MR) is 103 cm³/mol. The normalized spacial score (nSPS) is 10.5. The highest BCUT2D eigenvalue weighted by Crippen LogP contribution is 2.27. The number of carbonyl (C=O) groups excluding carboxylic acids is 2. The van der Waals surface area contributed by atoms with Gasteiger partial charge >= 0.3 is 5.97 Å². The number of halogens is 1. The third-order valence-corrected chi connectivity index (χ3v) is 4.46. The molecule has 26 heavy (non-hydrogen) atoms. The van der Waals surface area contributed by atoms with Gasteiger partial charge in [-0.25, -0.2) is 9.97 Å². The molecule has 0 bridgehead atoms. The number of benzene rings is 1. The summed E-state index contributed by atoms with van der Waals surface area (Å²) < 4.78 is 4.99. The van der Waals surface area contributed by atoms with Crippen molar-refractivity contribution in [1.29, 1.82) is 0 Å². The van der Waals surface area contributed by atoms with Crippen molar-refractivity contribution in [2.24, 2.45) is 0 Å². The van der Waals surface area contributed by atoms with Crippen LogP contribution in [0, 0.1) is 27.7 Å². The molecular formula is C18H20ClN3O3S. The fraction of sp³-hybridized carbons (Fsp3) is 0.333. The fourth-order valence-electron chi connectivity index (χ4n) is 2.32. The molecule has 1 heterocycles. The number of rotatable bonds is 6. The van der Waals surface area contributed by atoms with Gasteiger partial charge in [-0.05, 0) is 51.0 Å². The smallest absolute Gasteiger partial charge is 0.316 e. The first-order valence-corrected chi connectivity index (χ1v) is 9.28. The van der Waals surface area contributed by atoms with Gasteiger partial charge in [0.1, 0.15) is 0 Å². The minimum absolute atomic E-state index is 0.0283. The molecule has 8 heteroatoms. The number of nitrogens with zero attached hydrogens (tertiary/aromatic N) is 2. The van der Waals surface area contributed by atoms with E-state index in [-0.39, 0.29) is 12.4 Å². The lowest BCUT2D eigenvalue weighted by Crippen LogP contribution is -2.22. The van der Waals surface area contributed by atoms with Crippen LogP contribution in [0.3, 0.4) is 0 Å². The lowest BCUT2D eigenvalue weighted by atomic mass is 10.1. The first-order chi connectivity index (χ1) is 12.2. The standard InChI is InChI=1S/C18H20ClN3O3S/c1-10-5-11(2)17(14(19)6-10)22-15(23)8-25-16(24)9-26-18-20-12(3)7-13(4)21-18/h5-7H,8-9H2,1-4H3,(H,22,23). The molecule has 1 aromatic carbocycles. The average Bonchev–Trinajstić information content (AvgIpc) is 2.53. The monoisotopic (exact) mass is 393 g/mol. The van der Waals surface area contributed by atoms with Crippen LogP contribution < -0.4 is 5.32 Å². The van der Waals surface area contributed by atoms with E-state index in [2.05, 4.69) is 15.3 Å². The molecule has 0 saturated heterocycles. The van der Waals surface area contributed by atoms with Crippen LogP contribution in [0.1, 0.15) is 22.5 Å². The lowest BCUT2D eigenvalue weighted by molar-refractivity contribution is -0.144. The summed E-state index contributed by atoms with van der Waals surface area (Å²) in [6, 6.07) is 5.52. The van der Waals surface area contributed by atoms with Crippen molar-refractivity contribution in [2.45, 2.75) is 32.9 Å². The van der Waals surface area contributed by atoms with Gasteiger partial charge in [-0.1, -0.05) is 29.4 Å². The Morgan fingerprint density at radius 3 is 2.38 bits per heavy atom. The van der Waals surface area contributed by atoms with Gasteiger partial charge in [0, 0.05) is 11.4 Å². The molecule has 0 spiro atoms. The van der Waals surface area contributed by atoms with Crippen LogP contribution in [0.15, 0.2) is 23.4 Å². The number of nitrogens with one attached hydrogen (secondary N) is 1. The van der Waals surface area contributed by atoms with Gasteiger partial charge in [0.05, 0.1) is 16.5 Å². The average molecular weight is 394 g/mol. The van der Waals surface area contributed by atoms with Gasteiger partial charge in [0.2, 0.25) is 0 Å². The molecule has 1 aromatic heterocycles. The summed E-state index contributed by atoms with van der Waals surface area (Å²) in [6.07, 6.45) is 0. The second-order valence-corrected chi connectivity index (χ2v) is 7.22. The van der Waals surface area contributed by atoms with E-state index in [1.165, 1.54) is 11.8 Å². The largest absolute Gasteiger partial charge is 0.455 e. The maximum Gasteiger partial charge on any atom is 0.316 e. The van der Waals surface area contributed by atoms with Crippen LogP contribution in [0.25, 0.3) is 0 Å². The molecule has 6 nitrogen and oxygen atoms in total. The zero-order valence-electron chi connectivity index (χ0n) is 15.1. The van der Waals surface area contributed by atoms with E-state index >= 15 is 0 Å². The highest BCUT2D eigenvalue weighted by molar-refractivity contribution is 7.99. The highest BCUT2D eigenvalue weighted by atomic mass is 35.5. The Bertz CT molecular complexity index is 799. The number of anilines is 1. The number of aryl methyl sites for hydroxylation is 4. The Hall–Kier alpha value is -2.12. The summed E-state index contributed by atoms with van der Waals surface area (Å²) in [5.41, 5.74) is 4.03. The first-order valence-electron chi connectivity index (χ1n) is 7.92. The molecule has 0 unspecified atom stereocenters. The molecule has 0 fully saturated rings. The SMILES string of the molecule is Cc1cc(C)c(NC(=O)COC(=O)CSc2nc(C)cc(C)n2)c(Cl)c1. The maximum atomic E-state index is 12.0. The van der Waals surface area contributed by atoms with Gasteiger partial charge < -0.3 is 10.1 Å². The van der Waals surface area contributed by atoms with E-state index in [1.54, 1.807) is 6.07 Å². The van der Waals surface area contributed by atoms with Crippen molar-refractivity contribution in [2.75, 3.05) is 17.7 Å². The van der Waals surface area contributed by atoms with Gasteiger partial charge in [0.15, 0.2) is 11.8 Å². The van der Waals surface area contributed by atoms with Crippen LogP contribution in [0.2, 0.25) is 5.02 Å². The Labute approximate surface area is 161 Å². The van der Waals surface area contributed by atoms with E-state index in [4.69, 9.17) is 16.3 Å². The summed E-state index contributed by atoms with van der Waals surface area (Å²) in [6.45, 7) is 7.11. The summed E-state index contributed by atoms with van der Waals surface area (Å²) in [5, 5.41) is 3.62. The van der Waals surface area contributed by atoms with Crippen molar-refractivity contribution in [3.05, 3.63) is 45.7 Å². The van der Waals surface area contributed by atoms with Gasteiger partial charge in [-0.15, -0.1) is 0 Å². The summed E-state index contributed by atoms with van der Waals surface area (Å²) in [4.78, 5) is 32.3. The van der Waals surface area contributed by atoms with Gasteiger partial charge in [-0.2, -0.15) is 0 Å². The van der Waals surface area contributed by atoms with E-state index in [0.29, 0.717) is 15.9 Å². The highest BCUT2D eigenvalue weighted by Gasteiger charge is 2.13. The van der Waals surface area contributed by atoms with Crippen molar-refractivity contribution >= 4 is 40.9 Å². The summed E-state index contributed by atoms with van der Waals surface area (Å²) in [7, 11) is 0. The lowest BCUT2D eigenvalue weighted by Gasteiger charge is -2.11. The molecular weight excluding hydrogens is 374 g/mol. The van der Waals surface area contributed by atoms with Crippen molar-refractivity contribution in [1.82, 2.24) is 9.97 Å². The number of thioether (sulfide) groups is 1. The predicted octanol–water partition coefficient (Wildman–Crippen LogP) is 3.64. The number of aromatic nitrogens is 2.